The molecule has 1 aromatic heterocycles. The van der Waals surface area contributed by atoms with Crippen LogP contribution in [0.1, 0.15) is 44.9 Å². The van der Waals surface area contributed by atoms with E-state index >= 15 is 0 Å². The van der Waals surface area contributed by atoms with Crippen LogP contribution < -0.4 is 0 Å². The van der Waals surface area contributed by atoms with E-state index in [1.54, 1.807) is 46.0 Å². The van der Waals surface area contributed by atoms with Gasteiger partial charge in [0.25, 0.3) is 0 Å². The Morgan fingerprint density at radius 3 is 2.07 bits per heavy atom. The predicted octanol–water partition coefficient (Wildman–Crippen LogP) is 3.82. The molecule has 0 saturated heterocycles. The van der Waals surface area contributed by atoms with Gasteiger partial charge in [0.2, 0.25) is 0 Å². The second-order valence-electron chi connectivity index (χ2n) is 6.48. The van der Waals surface area contributed by atoms with Gasteiger partial charge in [-0.2, -0.15) is 0 Å². The quantitative estimate of drug-likeness (QED) is 0.422. The highest BCUT2D eigenvalue weighted by Crippen LogP contribution is 2.28. The molecule has 0 aliphatic rings. The van der Waals surface area contributed by atoms with Crippen molar-refractivity contribution in [3.63, 3.8) is 0 Å². The lowest BCUT2D eigenvalue weighted by Crippen LogP contribution is -2.30. The zero-order valence-corrected chi connectivity index (χ0v) is 16.0. The first kappa shape index (κ1) is 20.3. The Hall–Kier alpha value is -3.02. The number of carbonyl (C=O) groups excluding carboxylic acids is 2. The van der Waals surface area contributed by atoms with Gasteiger partial charge in [-0.15, -0.1) is 0 Å². The first-order valence-electron chi connectivity index (χ1n) is 8.83. The molecule has 0 aliphatic heterocycles. The van der Waals surface area contributed by atoms with E-state index in [0.29, 0.717) is 5.69 Å². The van der Waals surface area contributed by atoms with Crippen LogP contribution in [0.3, 0.4) is 0 Å². The molecule has 0 fully saturated rings. The molecule has 2 aromatic rings. The van der Waals surface area contributed by atoms with Crippen molar-refractivity contribution in [3.05, 3.63) is 59.9 Å². The highest BCUT2D eigenvalue weighted by molar-refractivity contribution is 6.01. The van der Waals surface area contributed by atoms with Crippen molar-refractivity contribution in [1.82, 2.24) is 4.98 Å². The van der Waals surface area contributed by atoms with Crippen molar-refractivity contribution in [2.75, 3.05) is 0 Å². The maximum atomic E-state index is 12.6. The van der Waals surface area contributed by atoms with Crippen LogP contribution in [-0.2, 0) is 19.1 Å². The average molecular weight is 368 g/mol. The summed E-state index contributed by atoms with van der Waals surface area (Å²) in [6.45, 7) is 6.87. The van der Waals surface area contributed by atoms with E-state index in [4.69, 9.17) is 9.47 Å². The first-order valence-corrected chi connectivity index (χ1v) is 8.83. The number of hydrogen-bond donors (Lipinski definition) is 0. The maximum Gasteiger partial charge on any atom is 0.326 e. The molecule has 1 aromatic carbocycles. The van der Waals surface area contributed by atoms with Crippen LogP contribution in [0.4, 0.5) is 5.69 Å². The molecule has 0 atom stereocenters. The van der Waals surface area contributed by atoms with Gasteiger partial charge in [0.05, 0.1) is 23.6 Å². The Morgan fingerprint density at radius 1 is 0.926 bits per heavy atom. The molecule has 0 saturated carbocycles. The summed E-state index contributed by atoms with van der Waals surface area (Å²) in [5.41, 5.74) is 1.51. The molecule has 2 rings (SSSR count). The average Bonchev–Trinajstić information content (AvgIpc) is 2.60. The standard InChI is InChI=1S/C21H24N2O4/c1-14(2)26-20(24)18(21(25)27-15(3)4)19-17(11-8-12-22-19)23-13-16-9-6-5-7-10-16/h5-15,18H,1-4H3. The number of esters is 2. The Morgan fingerprint density at radius 2 is 1.52 bits per heavy atom. The molecule has 0 spiro atoms. The SMILES string of the molecule is CC(C)OC(=O)C(C(=O)OC(C)C)c1ncccc1N=Cc1ccccc1. The monoisotopic (exact) mass is 368 g/mol. The highest BCUT2D eigenvalue weighted by atomic mass is 16.6. The van der Waals surface area contributed by atoms with Crippen LogP contribution in [0.5, 0.6) is 0 Å². The van der Waals surface area contributed by atoms with Crippen molar-refractivity contribution in [2.24, 2.45) is 4.99 Å². The normalized spacial score (nSPS) is 11.4. The molecule has 0 N–H and O–H groups in total. The molecule has 27 heavy (non-hydrogen) atoms. The second kappa shape index (κ2) is 9.62. The zero-order valence-electron chi connectivity index (χ0n) is 16.0. The number of nitrogens with zero attached hydrogens (tertiary/aromatic N) is 2. The van der Waals surface area contributed by atoms with E-state index in [1.807, 2.05) is 30.3 Å². The van der Waals surface area contributed by atoms with Crippen LogP contribution in [0.2, 0.25) is 0 Å². The minimum absolute atomic E-state index is 0.209. The lowest BCUT2D eigenvalue weighted by Gasteiger charge is -2.19. The lowest BCUT2D eigenvalue weighted by molar-refractivity contribution is -0.161. The van der Waals surface area contributed by atoms with Gasteiger partial charge in [-0.1, -0.05) is 30.3 Å². The summed E-state index contributed by atoms with van der Waals surface area (Å²) in [5, 5.41) is 0. The number of pyridine rings is 1. The van der Waals surface area contributed by atoms with Crippen molar-refractivity contribution in [3.8, 4) is 0 Å². The molecule has 0 bridgehead atoms. The molecular formula is C21H24N2O4. The molecule has 6 heteroatoms. The Labute approximate surface area is 159 Å². The Balaban J connectivity index is 2.41. The fourth-order valence-electron chi connectivity index (χ4n) is 2.34. The fraction of sp³-hybridized carbons (Fsp3) is 0.333. The van der Waals surface area contributed by atoms with Gasteiger partial charge in [-0.05, 0) is 45.4 Å². The summed E-state index contributed by atoms with van der Waals surface area (Å²) in [6, 6.07) is 12.9. The third-order valence-corrected chi connectivity index (χ3v) is 3.42. The summed E-state index contributed by atoms with van der Waals surface area (Å²) >= 11 is 0. The van der Waals surface area contributed by atoms with E-state index in [2.05, 4.69) is 9.98 Å². The minimum Gasteiger partial charge on any atom is -0.462 e. The van der Waals surface area contributed by atoms with Gasteiger partial charge in [0.15, 0.2) is 5.92 Å². The fourth-order valence-corrected chi connectivity index (χ4v) is 2.34. The molecule has 142 valence electrons. The van der Waals surface area contributed by atoms with E-state index in [9.17, 15) is 9.59 Å². The van der Waals surface area contributed by atoms with Gasteiger partial charge < -0.3 is 9.47 Å². The first-order chi connectivity index (χ1) is 12.9. The number of ether oxygens (including phenoxy) is 2. The third-order valence-electron chi connectivity index (χ3n) is 3.42. The maximum absolute atomic E-state index is 12.6. The number of benzene rings is 1. The van der Waals surface area contributed by atoms with E-state index in [0.717, 1.165) is 5.56 Å². The summed E-state index contributed by atoms with van der Waals surface area (Å²) in [4.78, 5) is 33.8. The largest absolute Gasteiger partial charge is 0.462 e. The summed E-state index contributed by atoms with van der Waals surface area (Å²) < 4.78 is 10.5. The molecule has 1 heterocycles. The van der Waals surface area contributed by atoms with Crippen LogP contribution in [-0.4, -0.2) is 35.3 Å². The van der Waals surface area contributed by atoms with Crippen LogP contribution in [0.15, 0.2) is 53.7 Å². The van der Waals surface area contributed by atoms with Crippen LogP contribution in [0, 0.1) is 0 Å². The van der Waals surface area contributed by atoms with E-state index in [-0.39, 0.29) is 17.9 Å². The minimum atomic E-state index is -1.29. The van der Waals surface area contributed by atoms with E-state index < -0.39 is 17.9 Å². The van der Waals surface area contributed by atoms with Crippen molar-refractivity contribution in [2.45, 2.75) is 45.8 Å². The van der Waals surface area contributed by atoms with Crippen LogP contribution >= 0.6 is 0 Å². The van der Waals surface area contributed by atoms with Crippen molar-refractivity contribution >= 4 is 23.8 Å². The molecule has 0 amide bonds. The Kier molecular flexibility index (Phi) is 7.23. The molecule has 0 aliphatic carbocycles. The van der Waals surface area contributed by atoms with Crippen molar-refractivity contribution < 1.29 is 19.1 Å². The Bertz CT molecular complexity index is 779. The highest BCUT2D eigenvalue weighted by Gasteiger charge is 2.36. The summed E-state index contributed by atoms with van der Waals surface area (Å²) in [6.07, 6.45) is 2.42. The number of aliphatic imine (C=N–C) groups is 1. The number of hydrogen-bond acceptors (Lipinski definition) is 6. The topological polar surface area (TPSA) is 77.9 Å². The van der Waals surface area contributed by atoms with Gasteiger partial charge in [0, 0.05) is 12.4 Å². The van der Waals surface area contributed by atoms with Gasteiger partial charge in [0.1, 0.15) is 0 Å². The number of aromatic nitrogens is 1. The van der Waals surface area contributed by atoms with Crippen molar-refractivity contribution in [1.29, 1.82) is 0 Å². The molecule has 6 nitrogen and oxygen atoms in total. The molecular weight excluding hydrogens is 344 g/mol. The molecule has 0 unspecified atom stereocenters. The third kappa shape index (κ3) is 6.02. The van der Waals surface area contributed by atoms with Gasteiger partial charge >= 0.3 is 11.9 Å². The second-order valence-corrected chi connectivity index (χ2v) is 6.48. The van der Waals surface area contributed by atoms with Crippen LogP contribution in [0.25, 0.3) is 0 Å². The zero-order chi connectivity index (χ0) is 19.8. The van der Waals surface area contributed by atoms with E-state index in [1.165, 1.54) is 6.20 Å². The number of rotatable bonds is 7. The summed E-state index contributed by atoms with van der Waals surface area (Å²) in [7, 11) is 0. The van der Waals surface area contributed by atoms with Gasteiger partial charge in [-0.25, -0.2) is 0 Å². The number of carbonyl (C=O) groups is 2. The van der Waals surface area contributed by atoms with Gasteiger partial charge in [-0.3, -0.25) is 19.6 Å². The lowest BCUT2D eigenvalue weighted by atomic mass is 10.0. The predicted molar refractivity (Wildman–Crippen MR) is 103 cm³/mol. The summed E-state index contributed by atoms with van der Waals surface area (Å²) in [5.74, 6) is -2.70. The smallest absolute Gasteiger partial charge is 0.326 e. The molecule has 0 radical (unpaired) electrons.